The number of aromatic nitrogens is 3. The highest BCUT2D eigenvalue weighted by molar-refractivity contribution is 7.90. The van der Waals surface area contributed by atoms with Crippen LogP contribution in [-0.4, -0.2) is 36.5 Å². The fourth-order valence-electron chi connectivity index (χ4n) is 2.61. The highest BCUT2D eigenvalue weighted by atomic mass is 32.2. The summed E-state index contributed by atoms with van der Waals surface area (Å²) in [5, 5.41) is 0. The molecule has 1 fully saturated rings. The van der Waals surface area contributed by atoms with Crippen LogP contribution in [0, 0.1) is 0 Å². The Labute approximate surface area is 135 Å². The van der Waals surface area contributed by atoms with Crippen LogP contribution < -0.4 is 10.6 Å². The van der Waals surface area contributed by atoms with Gasteiger partial charge in [-0.15, -0.1) is 0 Å². The first-order chi connectivity index (χ1) is 11.0. The standard InChI is InChI=1S/C15H19N5O2S/c16-14-17-13(11-23(21,22)12-7-3-1-4-8-12)18-15(19-14)20-9-5-2-6-10-20/h1,3-4,7-8H,2,5-6,9-11H2,(H2,16,17,18,19). The molecule has 122 valence electrons. The van der Waals surface area contributed by atoms with Crippen molar-refractivity contribution in [1.29, 1.82) is 0 Å². The fourth-order valence-corrected chi connectivity index (χ4v) is 3.81. The van der Waals surface area contributed by atoms with Crippen LogP contribution in [0.15, 0.2) is 35.2 Å². The van der Waals surface area contributed by atoms with Gasteiger partial charge in [0, 0.05) is 13.1 Å². The molecule has 0 aliphatic carbocycles. The van der Waals surface area contributed by atoms with Gasteiger partial charge in [0.25, 0.3) is 0 Å². The number of anilines is 2. The summed E-state index contributed by atoms with van der Waals surface area (Å²) in [7, 11) is -3.50. The minimum Gasteiger partial charge on any atom is -0.368 e. The lowest BCUT2D eigenvalue weighted by molar-refractivity contribution is 0.566. The molecule has 7 nitrogen and oxygen atoms in total. The lowest BCUT2D eigenvalue weighted by Crippen LogP contribution is -2.31. The molecule has 8 heteroatoms. The minimum absolute atomic E-state index is 0.0545. The zero-order valence-electron chi connectivity index (χ0n) is 12.7. The van der Waals surface area contributed by atoms with Gasteiger partial charge in [0.15, 0.2) is 15.7 Å². The van der Waals surface area contributed by atoms with Gasteiger partial charge in [0.05, 0.1) is 4.90 Å². The highest BCUT2D eigenvalue weighted by Gasteiger charge is 2.20. The monoisotopic (exact) mass is 333 g/mol. The van der Waals surface area contributed by atoms with E-state index in [-0.39, 0.29) is 22.4 Å². The zero-order chi connectivity index (χ0) is 16.3. The third kappa shape index (κ3) is 3.76. The average Bonchev–Trinajstić information content (AvgIpc) is 2.55. The number of nitrogen functional groups attached to an aromatic ring is 1. The molecule has 0 bridgehead atoms. The number of nitrogens with two attached hydrogens (primary N) is 1. The van der Waals surface area contributed by atoms with Gasteiger partial charge >= 0.3 is 0 Å². The van der Waals surface area contributed by atoms with Gasteiger partial charge < -0.3 is 10.6 Å². The van der Waals surface area contributed by atoms with E-state index in [1.165, 1.54) is 6.42 Å². The maximum absolute atomic E-state index is 12.4. The van der Waals surface area contributed by atoms with Crippen LogP contribution in [-0.2, 0) is 15.6 Å². The van der Waals surface area contributed by atoms with Crippen molar-refractivity contribution in [3.05, 3.63) is 36.2 Å². The number of benzene rings is 1. The maximum atomic E-state index is 12.4. The van der Waals surface area contributed by atoms with E-state index in [4.69, 9.17) is 5.73 Å². The van der Waals surface area contributed by atoms with Crippen LogP contribution in [0.25, 0.3) is 0 Å². The van der Waals surface area contributed by atoms with Crippen molar-refractivity contribution in [3.63, 3.8) is 0 Å². The Balaban J connectivity index is 1.87. The first-order valence-electron chi connectivity index (χ1n) is 7.58. The lowest BCUT2D eigenvalue weighted by atomic mass is 10.1. The molecule has 1 aromatic heterocycles. The Bertz CT molecular complexity index is 774. The predicted molar refractivity (Wildman–Crippen MR) is 87.6 cm³/mol. The van der Waals surface area contributed by atoms with Crippen molar-refractivity contribution in [2.45, 2.75) is 29.9 Å². The molecule has 0 amide bonds. The molecule has 23 heavy (non-hydrogen) atoms. The third-order valence-corrected chi connectivity index (χ3v) is 5.38. The number of hydrogen-bond donors (Lipinski definition) is 1. The first-order valence-corrected chi connectivity index (χ1v) is 9.23. The van der Waals surface area contributed by atoms with E-state index in [1.54, 1.807) is 30.3 Å². The van der Waals surface area contributed by atoms with Crippen molar-refractivity contribution < 1.29 is 8.42 Å². The first kappa shape index (κ1) is 15.7. The second-order valence-electron chi connectivity index (χ2n) is 5.53. The van der Waals surface area contributed by atoms with Crippen LogP contribution in [0.4, 0.5) is 11.9 Å². The van der Waals surface area contributed by atoms with Crippen LogP contribution in [0.5, 0.6) is 0 Å². The van der Waals surface area contributed by atoms with Gasteiger partial charge in [-0.2, -0.15) is 15.0 Å². The molecule has 3 rings (SSSR count). The lowest BCUT2D eigenvalue weighted by Gasteiger charge is -2.26. The Morgan fingerprint density at radius 3 is 2.39 bits per heavy atom. The smallest absolute Gasteiger partial charge is 0.230 e. The Kier molecular flexibility index (Phi) is 4.42. The van der Waals surface area contributed by atoms with Crippen LogP contribution in [0.1, 0.15) is 25.1 Å². The van der Waals surface area contributed by atoms with Crippen LogP contribution in [0.3, 0.4) is 0 Å². The molecular formula is C15H19N5O2S. The van der Waals surface area contributed by atoms with Gasteiger partial charge in [0.1, 0.15) is 5.75 Å². The van der Waals surface area contributed by atoms with Gasteiger partial charge in [-0.1, -0.05) is 18.2 Å². The zero-order valence-corrected chi connectivity index (χ0v) is 13.5. The second-order valence-corrected chi connectivity index (χ2v) is 7.52. The fraction of sp³-hybridized carbons (Fsp3) is 0.400. The molecule has 2 heterocycles. The Morgan fingerprint density at radius 2 is 1.70 bits per heavy atom. The summed E-state index contributed by atoms with van der Waals surface area (Å²) < 4.78 is 24.9. The highest BCUT2D eigenvalue weighted by Crippen LogP contribution is 2.19. The maximum Gasteiger partial charge on any atom is 0.230 e. The predicted octanol–water partition coefficient (Wildman–Crippen LogP) is 1.42. The molecule has 0 atom stereocenters. The summed E-state index contributed by atoms with van der Waals surface area (Å²) in [6.45, 7) is 1.71. The second kappa shape index (κ2) is 6.49. The third-order valence-electron chi connectivity index (χ3n) is 3.75. The van der Waals surface area contributed by atoms with Crippen molar-refractivity contribution >= 4 is 21.7 Å². The quantitative estimate of drug-likeness (QED) is 0.902. The summed E-state index contributed by atoms with van der Waals surface area (Å²) in [5.41, 5.74) is 5.74. The summed E-state index contributed by atoms with van der Waals surface area (Å²) in [5.74, 6) is 0.418. The van der Waals surface area contributed by atoms with Crippen molar-refractivity contribution in [1.82, 2.24) is 15.0 Å². The number of nitrogens with zero attached hydrogens (tertiary/aromatic N) is 4. The van der Waals surface area contributed by atoms with E-state index < -0.39 is 9.84 Å². The Morgan fingerprint density at radius 1 is 1.00 bits per heavy atom. The van der Waals surface area contributed by atoms with Crippen molar-refractivity contribution in [3.8, 4) is 0 Å². The molecule has 0 radical (unpaired) electrons. The number of sulfone groups is 1. The van der Waals surface area contributed by atoms with Crippen molar-refractivity contribution in [2.75, 3.05) is 23.7 Å². The van der Waals surface area contributed by atoms with E-state index >= 15 is 0 Å². The van der Waals surface area contributed by atoms with E-state index in [0.29, 0.717) is 5.95 Å². The largest absolute Gasteiger partial charge is 0.368 e. The van der Waals surface area contributed by atoms with Gasteiger partial charge in [-0.25, -0.2) is 8.42 Å². The van der Waals surface area contributed by atoms with E-state index in [2.05, 4.69) is 15.0 Å². The van der Waals surface area contributed by atoms with Gasteiger partial charge in [-0.3, -0.25) is 0 Å². The molecule has 1 saturated heterocycles. The molecule has 1 aliphatic rings. The topological polar surface area (TPSA) is 102 Å². The van der Waals surface area contributed by atoms with Crippen LogP contribution >= 0.6 is 0 Å². The number of piperidine rings is 1. The van der Waals surface area contributed by atoms with E-state index in [1.807, 2.05) is 4.90 Å². The minimum atomic E-state index is -3.50. The summed E-state index contributed by atoms with van der Waals surface area (Å²) in [4.78, 5) is 14.7. The van der Waals surface area contributed by atoms with E-state index in [9.17, 15) is 8.42 Å². The normalized spacial score (nSPS) is 15.6. The number of hydrogen-bond acceptors (Lipinski definition) is 7. The van der Waals surface area contributed by atoms with Gasteiger partial charge in [0.2, 0.25) is 11.9 Å². The molecule has 1 aromatic carbocycles. The van der Waals surface area contributed by atoms with Crippen LogP contribution in [0.2, 0.25) is 0 Å². The Hall–Kier alpha value is -2.22. The summed E-state index contributed by atoms with van der Waals surface area (Å²) in [6, 6.07) is 8.27. The summed E-state index contributed by atoms with van der Waals surface area (Å²) in [6.07, 6.45) is 3.33. The molecule has 0 spiro atoms. The number of rotatable bonds is 4. The molecule has 0 saturated carbocycles. The average molecular weight is 333 g/mol. The van der Waals surface area contributed by atoms with Gasteiger partial charge in [-0.05, 0) is 31.4 Å². The SMILES string of the molecule is Nc1nc(CS(=O)(=O)c2ccccc2)nc(N2CCCCC2)n1. The molecule has 0 unspecified atom stereocenters. The molecule has 2 aromatic rings. The molecule has 2 N–H and O–H groups in total. The van der Waals surface area contributed by atoms with Crippen molar-refractivity contribution in [2.24, 2.45) is 0 Å². The van der Waals surface area contributed by atoms with E-state index in [0.717, 1.165) is 25.9 Å². The molecular weight excluding hydrogens is 314 g/mol. The molecule has 1 aliphatic heterocycles. The summed E-state index contributed by atoms with van der Waals surface area (Å²) >= 11 is 0.